The summed E-state index contributed by atoms with van der Waals surface area (Å²) in [6.07, 6.45) is 0. The van der Waals surface area contributed by atoms with Crippen LogP contribution in [0.4, 0.5) is 4.39 Å². The van der Waals surface area contributed by atoms with Crippen LogP contribution in [0.25, 0.3) is 22.0 Å². The molecule has 0 saturated carbocycles. The van der Waals surface area contributed by atoms with E-state index in [0.29, 0.717) is 21.7 Å². The number of aliphatic hydroxyl groups is 1. The number of esters is 1. The number of nitrogens with zero attached hydrogens (tertiary/aromatic N) is 1. The van der Waals surface area contributed by atoms with Crippen LogP contribution in [-0.2, 0) is 11.3 Å². The second-order valence-corrected chi connectivity index (χ2v) is 7.83. The highest BCUT2D eigenvalue weighted by Crippen LogP contribution is 2.46. The van der Waals surface area contributed by atoms with Crippen molar-refractivity contribution in [3.05, 3.63) is 63.6 Å². The van der Waals surface area contributed by atoms with Gasteiger partial charge in [-0.15, -0.1) is 0 Å². The number of carbonyl (C=O) groups excluding carboxylic acids is 1. The molecule has 2 aromatic carbocycles. The highest BCUT2D eigenvalue weighted by molar-refractivity contribution is 8.00. The van der Waals surface area contributed by atoms with Crippen LogP contribution in [0.1, 0.15) is 35.1 Å². The largest absolute Gasteiger partial charge is 0.462 e. The molecule has 3 aromatic rings. The van der Waals surface area contributed by atoms with Gasteiger partial charge in [0.25, 0.3) is 0 Å². The Morgan fingerprint density at radius 2 is 2.00 bits per heavy atom. The van der Waals surface area contributed by atoms with E-state index in [9.17, 15) is 19.1 Å². The van der Waals surface area contributed by atoms with Gasteiger partial charge in [0.2, 0.25) is 5.43 Å². The monoisotopic (exact) mass is 399 g/mol. The number of aliphatic hydroxyl groups excluding tert-OH is 1. The number of carbonyl (C=O) groups is 1. The standard InChI is InChI=1S/C21H18FNO4S/c1-3-27-21(26)18-19(25)15-8-16(22)14(13-6-4-12(10-24)5-7-13)9-17(15)23-11(2)28-20(18)23/h4-9,11,24H,3,10H2,1-2H3. The summed E-state index contributed by atoms with van der Waals surface area (Å²) < 4.78 is 21.8. The SMILES string of the molecule is CCOC(=O)c1c2n(c3cc(-c4ccc(CO)cc4)c(F)cc3c1=O)C(C)S2. The maximum Gasteiger partial charge on any atom is 0.344 e. The van der Waals surface area contributed by atoms with Crippen molar-refractivity contribution in [2.75, 3.05) is 6.61 Å². The fourth-order valence-corrected chi connectivity index (χ4v) is 4.59. The Bertz CT molecular complexity index is 1150. The number of aromatic nitrogens is 1. The molecule has 0 spiro atoms. The van der Waals surface area contributed by atoms with Gasteiger partial charge in [0, 0.05) is 10.9 Å². The van der Waals surface area contributed by atoms with Gasteiger partial charge >= 0.3 is 5.97 Å². The maximum absolute atomic E-state index is 14.9. The molecule has 4 rings (SSSR count). The van der Waals surface area contributed by atoms with Gasteiger partial charge in [-0.25, -0.2) is 9.18 Å². The Balaban J connectivity index is 1.96. The minimum Gasteiger partial charge on any atom is -0.462 e. The van der Waals surface area contributed by atoms with E-state index in [1.807, 2.05) is 11.5 Å². The summed E-state index contributed by atoms with van der Waals surface area (Å²) in [6, 6.07) is 9.76. The zero-order valence-corrected chi connectivity index (χ0v) is 16.2. The van der Waals surface area contributed by atoms with Crippen molar-refractivity contribution in [3.63, 3.8) is 0 Å². The minimum absolute atomic E-state index is 0.0151. The van der Waals surface area contributed by atoms with Crippen LogP contribution in [0.2, 0.25) is 0 Å². The molecule has 1 N–H and O–H groups in total. The molecule has 0 fully saturated rings. The van der Waals surface area contributed by atoms with Crippen molar-refractivity contribution in [2.45, 2.75) is 30.9 Å². The van der Waals surface area contributed by atoms with Crippen LogP contribution in [-0.4, -0.2) is 22.2 Å². The number of rotatable bonds is 4. The maximum atomic E-state index is 14.9. The fraction of sp³-hybridized carbons (Fsp3) is 0.238. The third-order valence-electron chi connectivity index (χ3n) is 4.82. The van der Waals surface area contributed by atoms with Crippen molar-refractivity contribution in [1.29, 1.82) is 0 Å². The molecule has 28 heavy (non-hydrogen) atoms. The van der Waals surface area contributed by atoms with E-state index in [-0.39, 0.29) is 29.5 Å². The molecule has 5 nitrogen and oxygen atoms in total. The fourth-order valence-electron chi connectivity index (χ4n) is 3.44. The van der Waals surface area contributed by atoms with E-state index < -0.39 is 17.2 Å². The average molecular weight is 399 g/mol. The van der Waals surface area contributed by atoms with Gasteiger partial charge in [-0.05, 0) is 37.1 Å². The average Bonchev–Trinajstić information content (AvgIpc) is 2.68. The van der Waals surface area contributed by atoms with E-state index in [4.69, 9.17) is 4.74 Å². The molecule has 1 aliphatic heterocycles. The number of halogens is 1. The number of thioether (sulfide) groups is 1. The smallest absolute Gasteiger partial charge is 0.344 e. The first-order valence-electron chi connectivity index (χ1n) is 8.92. The summed E-state index contributed by atoms with van der Waals surface area (Å²) in [7, 11) is 0. The Hall–Kier alpha value is -2.64. The Labute approximate surface area is 164 Å². The quantitative estimate of drug-likeness (QED) is 0.669. The molecule has 1 aromatic heterocycles. The van der Waals surface area contributed by atoms with Crippen molar-refractivity contribution >= 4 is 28.6 Å². The topological polar surface area (TPSA) is 68.5 Å². The van der Waals surface area contributed by atoms with Gasteiger partial charge < -0.3 is 14.4 Å². The molecule has 7 heteroatoms. The summed E-state index contributed by atoms with van der Waals surface area (Å²) >= 11 is 1.42. The molecule has 1 atom stereocenters. The lowest BCUT2D eigenvalue weighted by atomic mass is 10.0. The first-order valence-corrected chi connectivity index (χ1v) is 9.80. The number of hydrogen-bond acceptors (Lipinski definition) is 5. The van der Waals surface area contributed by atoms with Gasteiger partial charge in [0.1, 0.15) is 11.4 Å². The first-order chi connectivity index (χ1) is 13.5. The van der Waals surface area contributed by atoms with Crippen LogP contribution < -0.4 is 5.43 Å². The number of fused-ring (bicyclic) bond motifs is 3. The molecule has 1 unspecified atom stereocenters. The normalized spacial score (nSPS) is 15.2. The summed E-state index contributed by atoms with van der Waals surface area (Å²) in [5.74, 6) is -1.22. The minimum atomic E-state index is -0.679. The predicted molar refractivity (Wildman–Crippen MR) is 106 cm³/mol. The van der Waals surface area contributed by atoms with Gasteiger partial charge in [-0.2, -0.15) is 0 Å². The van der Waals surface area contributed by atoms with E-state index in [0.717, 1.165) is 5.56 Å². The molecule has 0 radical (unpaired) electrons. The van der Waals surface area contributed by atoms with Gasteiger partial charge in [-0.1, -0.05) is 36.0 Å². The molecular weight excluding hydrogens is 381 g/mol. The van der Waals surface area contributed by atoms with Crippen LogP contribution in [0.15, 0.2) is 46.2 Å². The highest BCUT2D eigenvalue weighted by Gasteiger charge is 2.33. The Morgan fingerprint density at radius 1 is 1.29 bits per heavy atom. The van der Waals surface area contributed by atoms with Gasteiger partial charge in [0.15, 0.2) is 0 Å². The van der Waals surface area contributed by atoms with Crippen LogP contribution in [0.5, 0.6) is 0 Å². The molecule has 0 aliphatic carbocycles. The second kappa shape index (κ2) is 7.07. The summed E-state index contributed by atoms with van der Waals surface area (Å²) in [4.78, 5) is 25.2. The summed E-state index contributed by atoms with van der Waals surface area (Å²) in [6.45, 7) is 3.70. The lowest BCUT2D eigenvalue weighted by molar-refractivity contribution is 0.0518. The Morgan fingerprint density at radius 3 is 2.61 bits per heavy atom. The molecule has 2 heterocycles. The summed E-state index contributed by atoms with van der Waals surface area (Å²) in [5, 5.41) is 9.91. The van der Waals surface area contributed by atoms with Crippen molar-refractivity contribution in [2.24, 2.45) is 0 Å². The third-order valence-corrected chi connectivity index (χ3v) is 6.00. The number of pyridine rings is 1. The van der Waals surface area contributed by atoms with Crippen molar-refractivity contribution < 1.29 is 19.0 Å². The van der Waals surface area contributed by atoms with Crippen LogP contribution >= 0.6 is 11.8 Å². The third kappa shape index (κ3) is 2.82. The van der Waals surface area contributed by atoms with Gasteiger partial charge in [-0.3, -0.25) is 4.79 Å². The zero-order valence-electron chi connectivity index (χ0n) is 15.4. The van der Waals surface area contributed by atoms with Crippen LogP contribution in [0.3, 0.4) is 0 Å². The molecule has 1 aliphatic rings. The number of benzene rings is 2. The van der Waals surface area contributed by atoms with E-state index in [2.05, 4.69) is 0 Å². The first kappa shape index (κ1) is 18.7. The predicted octanol–water partition coefficient (Wildman–Crippen LogP) is 4.10. The number of hydrogen-bond donors (Lipinski definition) is 1. The van der Waals surface area contributed by atoms with Crippen molar-refractivity contribution in [3.8, 4) is 11.1 Å². The molecule has 0 bridgehead atoms. The van der Waals surface area contributed by atoms with E-state index >= 15 is 0 Å². The van der Waals surface area contributed by atoms with Crippen molar-refractivity contribution in [1.82, 2.24) is 4.57 Å². The molecule has 0 amide bonds. The van der Waals surface area contributed by atoms with Gasteiger partial charge in [0.05, 0.1) is 29.1 Å². The molecular formula is C21H18FNO4S. The van der Waals surface area contributed by atoms with E-state index in [1.165, 1.54) is 17.8 Å². The highest BCUT2D eigenvalue weighted by atomic mass is 32.2. The number of ether oxygens (including phenoxy) is 1. The lowest BCUT2D eigenvalue weighted by Gasteiger charge is -2.33. The zero-order chi connectivity index (χ0) is 20.0. The molecule has 144 valence electrons. The second-order valence-electron chi connectivity index (χ2n) is 6.52. The van der Waals surface area contributed by atoms with E-state index in [1.54, 1.807) is 37.3 Å². The lowest BCUT2D eigenvalue weighted by Crippen LogP contribution is -2.29. The molecule has 0 saturated heterocycles. The van der Waals surface area contributed by atoms with Crippen LogP contribution in [0, 0.1) is 5.82 Å². The Kier molecular flexibility index (Phi) is 4.72. The summed E-state index contributed by atoms with van der Waals surface area (Å²) in [5.41, 5.74) is 1.78.